The van der Waals surface area contributed by atoms with E-state index in [4.69, 9.17) is 0 Å². The van der Waals surface area contributed by atoms with E-state index >= 15 is 0 Å². The lowest BCUT2D eigenvalue weighted by Crippen LogP contribution is -2.54. The average Bonchev–Trinajstić information content (AvgIpc) is 1.84. The van der Waals surface area contributed by atoms with Crippen molar-refractivity contribution >= 4 is 0 Å². The Hall–Kier alpha value is -0.0800. The normalized spacial score (nSPS) is 31.7. The highest BCUT2D eigenvalue weighted by Crippen LogP contribution is 2.16. The first kappa shape index (κ1) is 7.03. The van der Waals surface area contributed by atoms with E-state index in [-0.39, 0.29) is 1.43 Å². The number of likely N-dealkylation sites (tertiary alicyclic amines) is 1. The third-order valence-electron chi connectivity index (χ3n) is 2.38. The highest BCUT2D eigenvalue weighted by atomic mass is 15.2. The summed E-state index contributed by atoms with van der Waals surface area (Å²) in [6, 6.07) is 1.44. The Morgan fingerprint density at radius 1 is 1.78 bits per heavy atom. The second-order valence-corrected chi connectivity index (χ2v) is 2.91. The summed E-state index contributed by atoms with van der Waals surface area (Å²) in [5.41, 5.74) is 0. The summed E-state index contributed by atoms with van der Waals surface area (Å²) < 4.78 is 0. The quantitative estimate of drug-likeness (QED) is 0.587. The Balaban J connectivity index is 0.000000810. The van der Waals surface area contributed by atoms with Crippen molar-refractivity contribution in [3.63, 3.8) is 0 Å². The van der Waals surface area contributed by atoms with Crippen LogP contribution in [0, 0.1) is 0 Å². The maximum atomic E-state index is 3.26. The fourth-order valence-electron chi connectivity index (χ4n) is 1.36. The van der Waals surface area contributed by atoms with Gasteiger partial charge in [-0.1, -0.05) is 0 Å². The van der Waals surface area contributed by atoms with E-state index in [9.17, 15) is 0 Å². The van der Waals surface area contributed by atoms with Crippen LogP contribution in [0.5, 0.6) is 0 Å². The molecule has 1 N–H and O–H groups in total. The van der Waals surface area contributed by atoms with Crippen molar-refractivity contribution in [3.8, 4) is 0 Å². The van der Waals surface area contributed by atoms with E-state index in [0.29, 0.717) is 6.04 Å². The van der Waals surface area contributed by atoms with Crippen LogP contribution < -0.4 is 5.32 Å². The Morgan fingerprint density at radius 2 is 2.44 bits per heavy atom. The first-order valence-corrected chi connectivity index (χ1v) is 3.63. The Kier molecular flexibility index (Phi) is 2.09. The molecule has 1 fully saturated rings. The predicted octanol–water partition coefficient (Wildman–Crippen LogP) is 0.544. The summed E-state index contributed by atoms with van der Waals surface area (Å²) in [6.45, 7) is 3.51. The highest BCUT2D eigenvalue weighted by molar-refractivity contribution is 4.87. The van der Waals surface area contributed by atoms with Gasteiger partial charge in [0.15, 0.2) is 0 Å². The third kappa shape index (κ3) is 1.25. The van der Waals surface area contributed by atoms with Gasteiger partial charge in [0.25, 0.3) is 0 Å². The number of nitrogens with zero attached hydrogens (tertiary/aromatic N) is 1. The monoisotopic (exact) mass is 130 g/mol. The maximum absolute atomic E-state index is 3.26. The second kappa shape index (κ2) is 2.67. The third-order valence-corrected chi connectivity index (χ3v) is 2.38. The molecule has 1 heterocycles. The van der Waals surface area contributed by atoms with Gasteiger partial charge in [0, 0.05) is 13.5 Å². The van der Waals surface area contributed by atoms with E-state index in [0.717, 1.165) is 6.04 Å². The van der Waals surface area contributed by atoms with Crippen molar-refractivity contribution < 1.29 is 1.43 Å². The summed E-state index contributed by atoms with van der Waals surface area (Å²) in [7, 11) is 4.21. The number of likely N-dealkylation sites (N-methyl/N-ethyl adjacent to an activating group) is 2. The van der Waals surface area contributed by atoms with Gasteiger partial charge < -0.3 is 10.2 Å². The Morgan fingerprint density at radius 3 is 2.56 bits per heavy atom. The minimum atomic E-state index is 0. The topological polar surface area (TPSA) is 15.3 Å². The molecule has 56 valence electrons. The molecular weight excluding hydrogens is 112 g/mol. The largest absolute Gasteiger partial charge is 0.316 e. The molecule has 2 nitrogen and oxygen atoms in total. The molecule has 0 amide bonds. The van der Waals surface area contributed by atoms with Gasteiger partial charge in [-0.15, -0.1) is 0 Å². The number of rotatable bonds is 2. The molecule has 0 aromatic carbocycles. The zero-order valence-electron chi connectivity index (χ0n) is 6.52. The van der Waals surface area contributed by atoms with Gasteiger partial charge in [-0.2, -0.15) is 0 Å². The smallest absolute Gasteiger partial charge is 0.0255 e. The molecule has 0 radical (unpaired) electrons. The van der Waals surface area contributed by atoms with Gasteiger partial charge >= 0.3 is 0 Å². The van der Waals surface area contributed by atoms with Gasteiger partial charge in [0.05, 0.1) is 0 Å². The zero-order valence-corrected chi connectivity index (χ0v) is 6.52. The molecule has 1 saturated heterocycles. The molecule has 0 saturated carbocycles. The summed E-state index contributed by atoms with van der Waals surface area (Å²) in [5.74, 6) is 0. The van der Waals surface area contributed by atoms with E-state index in [1.165, 1.54) is 13.0 Å². The lowest BCUT2D eigenvalue weighted by molar-refractivity contribution is 0.0980. The lowest BCUT2D eigenvalue weighted by Gasteiger charge is -2.41. The van der Waals surface area contributed by atoms with Crippen molar-refractivity contribution in [1.29, 1.82) is 0 Å². The molecule has 1 rings (SSSR count). The summed E-state index contributed by atoms with van der Waals surface area (Å²) in [5, 5.41) is 3.26. The van der Waals surface area contributed by atoms with Gasteiger partial charge in [0.2, 0.25) is 0 Å². The molecular formula is C7H18N2. The zero-order chi connectivity index (χ0) is 6.85. The van der Waals surface area contributed by atoms with Crippen LogP contribution in [0.3, 0.4) is 0 Å². The standard InChI is InChI=1S/C7H16N2.H2/c1-6(8-2)7-4-5-9(7)3;/h6-8H,4-5H2,1-3H3;1H. The van der Waals surface area contributed by atoms with Gasteiger partial charge in [-0.3, -0.25) is 0 Å². The highest BCUT2D eigenvalue weighted by Gasteiger charge is 2.27. The van der Waals surface area contributed by atoms with Crippen LogP contribution in [0.1, 0.15) is 14.8 Å². The van der Waals surface area contributed by atoms with Crippen molar-refractivity contribution in [2.75, 3.05) is 20.6 Å². The Bertz CT molecular complexity index is 97.6. The van der Waals surface area contributed by atoms with Crippen molar-refractivity contribution in [2.45, 2.75) is 25.4 Å². The minimum absolute atomic E-state index is 0. The molecule has 1 aliphatic heterocycles. The molecule has 2 unspecified atom stereocenters. The molecule has 0 bridgehead atoms. The SMILES string of the molecule is CNC(C)C1CCN1C.[HH]. The van der Waals surface area contributed by atoms with Crippen LogP contribution >= 0.6 is 0 Å². The van der Waals surface area contributed by atoms with Gasteiger partial charge in [-0.25, -0.2) is 0 Å². The second-order valence-electron chi connectivity index (χ2n) is 2.91. The molecule has 9 heavy (non-hydrogen) atoms. The molecule has 1 aliphatic rings. The fraction of sp³-hybridized carbons (Fsp3) is 1.00. The van der Waals surface area contributed by atoms with Gasteiger partial charge in [-0.05, 0) is 34.0 Å². The van der Waals surface area contributed by atoms with Crippen molar-refractivity contribution in [1.82, 2.24) is 10.2 Å². The molecule has 2 atom stereocenters. The number of hydrogen-bond donors (Lipinski definition) is 1. The minimum Gasteiger partial charge on any atom is -0.316 e. The van der Waals surface area contributed by atoms with E-state index in [1.807, 2.05) is 7.05 Å². The summed E-state index contributed by atoms with van der Waals surface area (Å²) in [6.07, 6.45) is 1.36. The maximum Gasteiger partial charge on any atom is 0.0255 e. The first-order chi connectivity index (χ1) is 4.25. The van der Waals surface area contributed by atoms with Crippen LogP contribution in [0.25, 0.3) is 0 Å². The van der Waals surface area contributed by atoms with Crippen LogP contribution in [0.15, 0.2) is 0 Å². The molecule has 0 spiro atoms. The fourth-order valence-corrected chi connectivity index (χ4v) is 1.36. The lowest BCUT2D eigenvalue weighted by atomic mass is 9.98. The van der Waals surface area contributed by atoms with Crippen molar-refractivity contribution in [3.05, 3.63) is 0 Å². The van der Waals surface area contributed by atoms with Crippen LogP contribution in [0.4, 0.5) is 0 Å². The van der Waals surface area contributed by atoms with Crippen LogP contribution in [-0.2, 0) is 0 Å². The summed E-state index contributed by atoms with van der Waals surface area (Å²) >= 11 is 0. The average molecular weight is 130 g/mol. The van der Waals surface area contributed by atoms with Crippen LogP contribution in [-0.4, -0.2) is 37.6 Å². The predicted molar refractivity (Wildman–Crippen MR) is 41.7 cm³/mol. The van der Waals surface area contributed by atoms with E-state index in [1.54, 1.807) is 0 Å². The van der Waals surface area contributed by atoms with E-state index < -0.39 is 0 Å². The van der Waals surface area contributed by atoms with Crippen molar-refractivity contribution in [2.24, 2.45) is 0 Å². The molecule has 0 aromatic rings. The summed E-state index contributed by atoms with van der Waals surface area (Å²) in [4.78, 5) is 2.39. The van der Waals surface area contributed by atoms with E-state index in [2.05, 4.69) is 24.2 Å². The van der Waals surface area contributed by atoms with Crippen LogP contribution in [0.2, 0.25) is 0 Å². The molecule has 0 aliphatic carbocycles. The first-order valence-electron chi connectivity index (χ1n) is 3.63. The number of nitrogens with one attached hydrogen (secondary N) is 1. The molecule has 0 aromatic heterocycles. The Labute approximate surface area is 58.7 Å². The molecule has 2 heteroatoms. The van der Waals surface area contributed by atoms with Gasteiger partial charge in [0.1, 0.15) is 0 Å². The number of hydrogen-bond acceptors (Lipinski definition) is 2.